The van der Waals surface area contributed by atoms with E-state index in [2.05, 4.69) is 18.4 Å². The maximum Gasteiger partial charge on any atom is 0.309 e. The predicted molar refractivity (Wildman–Crippen MR) is 88.6 cm³/mol. The summed E-state index contributed by atoms with van der Waals surface area (Å²) in [4.78, 5) is 9.00. The van der Waals surface area contributed by atoms with E-state index < -0.39 is 6.03 Å². The molecule has 0 heterocycles. The Morgan fingerprint density at radius 2 is 1.48 bits per heavy atom. The van der Waals surface area contributed by atoms with E-state index in [1.165, 1.54) is 44.9 Å². The summed E-state index contributed by atoms with van der Waals surface area (Å²) < 4.78 is 0. The third kappa shape index (κ3) is 14.5. The van der Waals surface area contributed by atoms with Gasteiger partial charge in [0.25, 0.3) is 0 Å². The highest BCUT2D eigenvalue weighted by atomic mass is 16.3. The second-order valence-corrected chi connectivity index (χ2v) is 4.90. The zero-order valence-corrected chi connectivity index (χ0v) is 13.2. The number of urea groups is 1. The van der Waals surface area contributed by atoms with Crippen molar-refractivity contribution in [2.75, 3.05) is 0 Å². The average molecular weight is 297 g/mol. The molecule has 1 aromatic rings. The van der Waals surface area contributed by atoms with Crippen LogP contribution in [0.3, 0.4) is 0 Å². The van der Waals surface area contributed by atoms with Crippen molar-refractivity contribution in [1.82, 2.24) is 6.15 Å². The van der Waals surface area contributed by atoms with Crippen molar-refractivity contribution in [3.8, 4) is 5.75 Å². The Morgan fingerprint density at radius 1 is 1.00 bits per heavy atom. The lowest BCUT2D eigenvalue weighted by Crippen LogP contribution is -2.18. The molecule has 1 rings (SSSR count). The van der Waals surface area contributed by atoms with E-state index >= 15 is 0 Å². The van der Waals surface area contributed by atoms with Crippen molar-refractivity contribution in [1.29, 1.82) is 0 Å². The van der Waals surface area contributed by atoms with Gasteiger partial charge in [0.2, 0.25) is 0 Å². The minimum Gasteiger partial charge on any atom is -0.508 e. The van der Waals surface area contributed by atoms with Gasteiger partial charge in [0.15, 0.2) is 0 Å². The number of aryl methyl sites for hydroxylation is 1. The van der Waals surface area contributed by atoms with Gasteiger partial charge < -0.3 is 22.7 Å². The molecule has 5 nitrogen and oxygen atoms in total. The Kier molecular flexibility index (Phi) is 15.0. The number of para-hydroxylation sites is 1. The van der Waals surface area contributed by atoms with Gasteiger partial charge >= 0.3 is 6.03 Å². The molecule has 0 bridgehead atoms. The molecule has 8 N–H and O–H groups in total. The van der Waals surface area contributed by atoms with Crippen molar-refractivity contribution in [2.24, 2.45) is 11.5 Å². The van der Waals surface area contributed by atoms with Crippen LogP contribution in [0.15, 0.2) is 24.3 Å². The van der Waals surface area contributed by atoms with E-state index in [1.807, 2.05) is 18.2 Å². The van der Waals surface area contributed by atoms with E-state index in [4.69, 9.17) is 4.79 Å². The third-order valence-corrected chi connectivity index (χ3v) is 3.04. The molecule has 0 aliphatic rings. The summed E-state index contributed by atoms with van der Waals surface area (Å²) in [5.74, 6) is 0.452. The van der Waals surface area contributed by atoms with Gasteiger partial charge in [-0.05, 0) is 24.5 Å². The van der Waals surface area contributed by atoms with Crippen LogP contribution in [-0.2, 0) is 6.42 Å². The number of primary amides is 2. The van der Waals surface area contributed by atoms with Crippen LogP contribution in [0.4, 0.5) is 4.79 Å². The molecule has 122 valence electrons. The molecule has 0 fully saturated rings. The second-order valence-electron chi connectivity index (χ2n) is 4.90. The molecule has 0 atom stereocenters. The average Bonchev–Trinajstić information content (AvgIpc) is 2.39. The summed E-state index contributed by atoms with van der Waals surface area (Å²) in [7, 11) is 0. The first-order chi connectivity index (χ1) is 9.57. The van der Waals surface area contributed by atoms with Crippen LogP contribution in [0.1, 0.15) is 57.4 Å². The van der Waals surface area contributed by atoms with E-state index in [-0.39, 0.29) is 6.15 Å². The van der Waals surface area contributed by atoms with Gasteiger partial charge in [-0.1, -0.05) is 63.6 Å². The van der Waals surface area contributed by atoms with Gasteiger partial charge in [-0.3, -0.25) is 0 Å². The summed E-state index contributed by atoms with van der Waals surface area (Å²) in [5, 5.41) is 9.58. The van der Waals surface area contributed by atoms with Crippen molar-refractivity contribution >= 4 is 6.03 Å². The number of amides is 2. The van der Waals surface area contributed by atoms with Crippen LogP contribution in [0.25, 0.3) is 0 Å². The number of nitrogens with two attached hydrogens (primary N) is 2. The second kappa shape index (κ2) is 14.7. The van der Waals surface area contributed by atoms with Crippen LogP contribution in [-0.4, -0.2) is 11.1 Å². The Morgan fingerprint density at radius 3 is 2.00 bits per heavy atom. The first-order valence-corrected chi connectivity index (χ1v) is 7.39. The highest BCUT2D eigenvalue weighted by molar-refractivity contribution is 5.69. The molecule has 0 unspecified atom stereocenters. The highest BCUT2D eigenvalue weighted by Gasteiger charge is 1.98. The maximum atomic E-state index is 9.58. The zero-order chi connectivity index (χ0) is 15.2. The molecule has 0 radical (unpaired) electrons. The number of hydrogen-bond acceptors (Lipinski definition) is 3. The largest absolute Gasteiger partial charge is 0.508 e. The maximum absolute atomic E-state index is 9.58. The van der Waals surface area contributed by atoms with Crippen molar-refractivity contribution in [3.63, 3.8) is 0 Å². The van der Waals surface area contributed by atoms with Crippen molar-refractivity contribution < 1.29 is 9.90 Å². The van der Waals surface area contributed by atoms with E-state index in [0.717, 1.165) is 12.0 Å². The lowest BCUT2D eigenvalue weighted by molar-refractivity contribution is 0.256. The lowest BCUT2D eigenvalue weighted by Gasteiger charge is -2.04. The van der Waals surface area contributed by atoms with Crippen LogP contribution < -0.4 is 17.6 Å². The molecule has 2 amide bonds. The first kappa shape index (κ1) is 21.5. The normalized spacial score (nSPS) is 9.19. The quantitative estimate of drug-likeness (QED) is 0.544. The predicted octanol–water partition coefficient (Wildman–Crippen LogP) is 3.87. The van der Waals surface area contributed by atoms with Crippen LogP contribution in [0.2, 0.25) is 0 Å². The van der Waals surface area contributed by atoms with Gasteiger partial charge in [-0.2, -0.15) is 0 Å². The summed E-state index contributed by atoms with van der Waals surface area (Å²) in [6.07, 6.45) is 10.3. The van der Waals surface area contributed by atoms with Gasteiger partial charge in [-0.25, -0.2) is 4.79 Å². The zero-order valence-electron chi connectivity index (χ0n) is 13.2. The topological polar surface area (TPSA) is 124 Å². The molecule has 0 spiro atoms. The minimum absolute atomic E-state index is 0. The molecule has 0 aliphatic carbocycles. The number of phenols is 1. The number of aromatic hydroxyl groups is 1. The molecule has 0 saturated heterocycles. The Balaban J connectivity index is 0. The Bertz CT molecular complexity index is 366. The third-order valence-electron chi connectivity index (χ3n) is 3.04. The number of carbonyl (C=O) groups is 1. The monoisotopic (exact) mass is 297 g/mol. The van der Waals surface area contributed by atoms with Crippen molar-refractivity contribution in [2.45, 2.75) is 58.3 Å². The van der Waals surface area contributed by atoms with Gasteiger partial charge in [0, 0.05) is 0 Å². The fraction of sp³-hybridized carbons (Fsp3) is 0.562. The standard InChI is InChI=1S/C15H24O.CH4N2O.H3N/c1-2-3-4-5-6-7-8-11-14-12-9-10-13-15(14)16;2-1(3)4;/h9-10,12-13,16H,2-8,11H2,1H3;(H4,2,3,4);1H3. The number of rotatable bonds is 8. The number of unbranched alkanes of at least 4 members (excludes halogenated alkanes) is 6. The molecule has 1 aromatic carbocycles. The molecular formula is C16H31N3O2. The molecule has 0 saturated carbocycles. The summed E-state index contributed by atoms with van der Waals surface area (Å²) in [5.41, 5.74) is 9.59. The molecule has 0 aliphatic heterocycles. The molecule has 0 aromatic heterocycles. The Hall–Kier alpha value is -1.75. The fourth-order valence-electron chi connectivity index (χ4n) is 1.99. The number of benzene rings is 1. The van der Waals surface area contributed by atoms with Gasteiger partial charge in [-0.15, -0.1) is 0 Å². The number of phenolic OH excluding ortho intramolecular Hbond substituents is 1. The molecular weight excluding hydrogens is 266 g/mol. The highest BCUT2D eigenvalue weighted by Crippen LogP contribution is 2.18. The summed E-state index contributed by atoms with van der Waals surface area (Å²) in [6, 6.07) is 6.84. The van der Waals surface area contributed by atoms with Crippen LogP contribution in [0.5, 0.6) is 5.75 Å². The SMILES string of the molecule is CCCCCCCCCc1ccccc1O.N.NC(N)=O. The van der Waals surface area contributed by atoms with Gasteiger partial charge in [0.05, 0.1) is 0 Å². The van der Waals surface area contributed by atoms with Crippen LogP contribution in [0, 0.1) is 0 Å². The lowest BCUT2D eigenvalue weighted by atomic mass is 10.0. The van der Waals surface area contributed by atoms with Crippen molar-refractivity contribution in [3.05, 3.63) is 29.8 Å². The van der Waals surface area contributed by atoms with E-state index in [0.29, 0.717) is 5.75 Å². The minimum atomic E-state index is -0.833. The fourth-order valence-corrected chi connectivity index (χ4v) is 1.99. The molecule has 5 heteroatoms. The van der Waals surface area contributed by atoms with Gasteiger partial charge in [0.1, 0.15) is 5.75 Å². The van der Waals surface area contributed by atoms with E-state index in [9.17, 15) is 5.11 Å². The first-order valence-electron chi connectivity index (χ1n) is 7.39. The summed E-state index contributed by atoms with van der Waals surface area (Å²) >= 11 is 0. The molecule has 21 heavy (non-hydrogen) atoms. The number of carbonyl (C=O) groups excluding carboxylic acids is 1. The smallest absolute Gasteiger partial charge is 0.309 e. The number of hydrogen-bond donors (Lipinski definition) is 4. The van der Waals surface area contributed by atoms with E-state index in [1.54, 1.807) is 6.07 Å². The van der Waals surface area contributed by atoms with Crippen LogP contribution >= 0.6 is 0 Å². The Labute approximate surface area is 128 Å². The summed E-state index contributed by atoms with van der Waals surface area (Å²) in [6.45, 7) is 2.25.